The number of rotatable bonds is 5. The van der Waals surface area contributed by atoms with Gasteiger partial charge in [0.1, 0.15) is 5.70 Å². The van der Waals surface area contributed by atoms with E-state index in [1.807, 2.05) is 56.3 Å². The maximum Gasteiger partial charge on any atom is 0.278 e. The number of hydrogen-bond donors (Lipinski definition) is 1. The zero-order valence-corrected chi connectivity index (χ0v) is 17.0. The fourth-order valence-electron chi connectivity index (χ4n) is 4.06. The standard InChI is InChI=1S/C24H27N3O2/c1-17(2)27-23(28)21(18-9-5-3-6-10-18)22(24(27)29)25-19-11-13-20(14-12-19)26-15-7-4-8-16-26/h3,5-6,9-14,17,25H,4,7-8,15-16H2,1-2H3. The predicted octanol–water partition coefficient (Wildman–Crippen LogP) is 4.28. The fourth-order valence-corrected chi connectivity index (χ4v) is 4.06. The number of carbonyl (C=O) groups is 2. The second-order valence-electron chi connectivity index (χ2n) is 7.91. The van der Waals surface area contributed by atoms with Crippen molar-refractivity contribution in [3.63, 3.8) is 0 Å². The summed E-state index contributed by atoms with van der Waals surface area (Å²) in [6, 6.07) is 17.3. The Balaban J connectivity index is 1.64. The molecule has 0 bridgehead atoms. The monoisotopic (exact) mass is 389 g/mol. The highest BCUT2D eigenvalue weighted by Crippen LogP contribution is 2.32. The van der Waals surface area contributed by atoms with Crippen molar-refractivity contribution >= 4 is 28.8 Å². The van der Waals surface area contributed by atoms with Crippen molar-refractivity contribution in [2.45, 2.75) is 39.2 Å². The molecule has 1 N–H and O–H groups in total. The van der Waals surface area contributed by atoms with E-state index in [1.54, 1.807) is 0 Å². The van der Waals surface area contributed by atoms with E-state index in [0.717, 1.165) is 24.3 Å². The van der Waals surface area contributed by atoms with Gasteiger partial charge in [0.2, 0.25) is 0 Å². The highest BCUT2D eigenvalue weighted by Gasteiger charge is 2.40. The maximum absolute atomic E-state index is 13.0. The van der Waals surface area contributed by atoms with Crippen LogP contribution in [0.5, 0.6) is 0 Å². The molecule has 2 aromatic rings. The van der Waals surface area contributed by atoms with E-state index in [9.17, 15) is 9.59 Å². The van der Waals surface area contributed by atoms with E-state index in [1.165, 1.54) is 29.8 Å². The van der Waals surface area contributed by atoms with Crippen LogP contribution >= 0.6 is 0 Å². The minimum Gasteiger partial charge on any atom is -0.372 e. The number of anilines is 2. The number of carbonyl (C=O) groups excluding carboxylic acids is 2. The molecule has 2 aliphatic rings. The molecular formula is C24H27N3O2. The molecular weight excluding hydrogens is 362 g/mol. The summed E-state index contributed by atoms with van der Waals surface area (Å²) in [5.41, 5.74) is 3.54. The zero-order valence-electron chi connectivity index (χ0n) is 17.0. The van der Waals surface area contributed by atoms with Crippen LogP contribution in [0.1, 0.15) is 38.7 Å². The van der Waals surface area contributed by atoms with Gasteiger partial charge in [-0.25, -0.2) is 0 Å². The molecule has 1 fully saturated rings. The Labute approximate surface area is 172 Å². The van der Waals surface area contributed by atoms with Crippen LogP contribution in [0.4, 0.5) is 11.4 Å². The van der Waals surface area contributed by atoms with E-state index in [2.05, 4.69) is 22.3 Å². The lowest BCUT2D eigenvalue weighted by Crippen LogP contribution is -2.38. The van der Waals surface area contributed by atoms with Gasteiger partial charge < -0.3 is 10.2 Å². The molecule has 0 atom stereocenters. The smallest absolute Gasteiger partial charge is 0.278 e. The van der Waals surface area contributed by atoms with Crippen molar-refractivity contribution in [1.82, 2.24) is 4.90 Å². The van der Waals surface area contributed by atoms with Gasteiger partial charge in [-0.1, -0.05) is 30.3 Å². The minimum absolute atomic E-state index is 0.200. The first kappa shape index (κ1) is 19.2. The normalized spacial score (nSPS) is 17.5. The summed E-state index contributed by atoms with van der Waals surface area (Å²) in [6.45, 7) is 5.89. The quantitative estimate of drug-likeness (QED) is 0.776. The van der Waals surface area contributed by atoms with Gasteiger partial charge in [0.25, 0.3) is 11.8 Å². The first-order chi connectivity index (χ1) is 14.1. The van der Waals surface area contributed by atoms with E-state index in [4.69, 9.17) is 0 Å². The third-order valence-electron chi connectivity index (χ3n) is 5.55. The largest absolute Gasteiger partial charge is 0.372 e. The minimum atomic E-state index is -0.274. The van der Waals surface area contributed by atoms with Gasteiger partial charge in [0.15, 0.2) is 0 Å². The molecule has 5 heteroatoms. The lowest BCUT2D eigenvalue weighted by atomic mass is 10.0. The molecule has 29 heavy (non-hydrogen) atoms. The summed E-state index contributed by atoms with van der Waals surface area (Å²) in [5.74, 6) is -0.521. The Morgan fingerprint density at radius 1 is 0.828 bits per heavy atom. The van der Waals surface area contributed by atoms with Gasteiger partial charge in [-0.05, 0) is 62.9 Å². The Morgan fingerprint density at radius 2 is 1.48 bits per heavy atom. The zero-order chi connectivity index (χ0) is 20.4. The average Bonchev–Trinajstić information content (AvgIpc) is 2.99. The Morgan fingerprint density at radius 3 is 2.10 bits per heavy atom. The molecule has 5 nitrogen and oxygen atoms in total. The van der Waals surface area contributed by atoms with E-state index in [0.29, 0.717) is 11.3 Å². The summed E-state index contributed by atoms with van der Waals surface area (Å²) >= 11 is 0. The van der Waals surface area contributed by atoms with Crippen LogP contribution in [0.15, 0.2) is 60.3 Å². The Bertz CT molecular complexity index is 926. The summed E-state index contributed by atoms with van der Waals surface area (Å²) in [5, 5.41) is 3.23. The first-order valence-corrected chi connectivity index (χ1v) is 10.4. The third kappa shape index (κ3) is 3.77. The molecule has 2 aliphatic heterocycles. The van der Waals surface area contributed by atoms with Gasteiger partial charge in [-0.3, -0.25) is 14.5 Å². The Hall–Kier alpha value is -3.08. The van der Waals surface area contributed by atoms with Crippen molar-refractivity contribution in [3.8, 4) is 0 Å². The number of amides is 2. The number of nitrogens with one attached hydrogen (secondary N) is 1. The van der Waals surface area contributed by atoms with E-state index < -0.39 is 0 Å². The molecule has 2 amide bonds. The molecule has 2 aromatic carbocycles. The van der Waals surface area contributed by atoms with Crippen LogP contribution in [0.25, 0.3) is 5.57 Å². The maximum atomic E-state index is 13.0. The molecule has 0 radical (unpaired) electrons. The molecule has 0 aromatic heterocycles. The number of nitrogens with zero attached hydrogens (tertiary/aromatic N) is 2. The van der Waals surface area contributed by atoms with Gasteiger partial charge in [-0.15, -0.1) is 0 Å². The molecule has 0 unspecified atom stereocenters. The lowest BCUT2D eigenvalue weighted by molar-refractivity contribution is -0.138. The summed E-state index contributed by atoms with van der Waals surface area (Å²) in [4.78, 5) is 29.8. The second-order valence-corrected chi connectivity index (χ2v) is 7.91. The van der Waals surface area contributed by atoms with E-state index in [-0.39, 0.29) is 17.9 Å². The van der Waals surface area contributed by atoms with Crippen molar-refractivity contribution in [2.24, 2.45) is 0 Å². The van der Waals surface area contributed by atoms with Gasteiger partial charge >= 0.3 is 0 Å². The van der Waals surface area contributed by atoms with Gasteiger partial charge in [-0.2, -0.15) is 0 Å². The molecule has 150 valence electrons. The first-order valence-electron chi connectivity index (χ1n) is 10.4. The van der Waals surface area contributed by atoms with Crippen molar-refractivity contribution in [3.05, 3.63) is 65.9 Å². The summed E-state index contributed by atoms with van der Waals surface area (Å²) in [7, 11) is 0. The van der Waals surface area contributed by atoms with Crippen LogP contribution in [0.3, 0.4) is 0 Å². The number of hydrogen-bond acceptors (Lipinski definition) is 4. The Kier molecular flexibility index (Phi) is 5.38. The number of benzene rings is 2. The summed E-state index contributed by atoms with van der Waals surface area (Å²) in [6.07, 6.45) is 3.76. The van der Waals surface area contributed by atoms with E-state index >= 15 is 0 Å². The van der Waals surface area contributed by atoms with Crippen molar-refractivity contribution < 1.29 is 9.59 Å². The van der Waals surface area contributed by atoms with Crippen LogP contribution in [-0.4, -0.2) is 35.8 Å². The number of imide groups is 1. The molecule has 2 heterocycles. The molecule has 1 saturated heterocycles. The number of piperidine rings is 1. The lowest BCUT2D eigenvalue weighted by Gasteiger charge is -2.28. The van der Waals surface area contributed by atoms with Crippen molar-refractivity contribution in [1.29, 1.82) is 0 Å². The fraction of sp³-hybridized carbons (Fsp3) is 0.333. The van der Waals surface area contributed by atoms with Gasteiger partial charge in [0.05, 0.1) is 5.57 Å². The van der Waals surface area contributed by atoms with Crippen LogP contribution < -0.4 is 10.2 Å². The highest BCUT2D eigenvalue weighted by molar-refractivity contribution is 6.36. The van der Waals surface area contributed by atoms with Crippen LogP contribution in [0, 0.1) is 0 Å². The molecule has 4 rings (SSSR count). The average molecular weight is 389 g/mol. The highest BCUT2D eigenvalue weighted by atomic mass is 16.2. The summed E-state index contributed by atoms with van der Waals surface area (Å²) < 4.78 is 0. The molecule has 0 spiro atoms. The molecule has 0 aliphatic carbocycles. The van der Waals surface area contributed by atoms with Crippen LogP contribution in [0.2, 0.25) is 0 Å². The topological polar surface area (TPSA) is 52.7 Å². The molecule has 0 saturated carbocycles. The van der Waals surface area contributed by atoms with Crippen molar-refractivity contribution in [2.75, 3.05) is 23.3 Å². The third-order valence-corrected chi connectivity index (χ3v) is 5.55. The predicted molar refractivity (Wildman–Crippen MR) is 116 cm³/mol. The second kappa shape index (κ2) is 8.11. The van der Waals surface area contributed by atoms with Gasteiger partial charge in [0, 0.05) is 30.5 Å². The van der Waals surface area contributed by atoms with Crippen LogP contribution in [-0.2, 0) is 9.59 Å². The SMILES string of the molecule is CC(C)N1C(=O)C(Nc2ccc(N3CCCCC3)cc2)=C(c2ccccc2)C1=O.